The molecule has 0 saturated heterocycles. The van der Waals surface area contributed by atoms with Crippen molar-refractivity contribution in [2.45, 2.75) is 89.5 Å². The first-order valence-electron chi connectivity index (χ1n) is 12.4. The van der Waals surface area contributed by atoms with Crippen LogP contribution in [0.1, 0.15) is 89.5 Å². The lowest BCUT2D eigenvalue weighted by atomic mass is 9.98. The lowest BCUT2D eigenvalue weighted by Crippen LogP contribution is -2.22. The third-order valence-electron chi connectivity index (χ3n) is 3.60. The van der Waals surface area contributed by atoms with Gasteiger partial charge in [0.15, 0.2) is 0 Å². The summed E-state index contributed by atoms with van der Waals surface area (Å²) in [6.07, 6.45) is 2.06. The van der Waals surface area contributed by atoms with Gasteiger partial charge in [-0.2, -0.15) is 0 Å². The van der Waals surface area contributed by atoms with Crippen LogP contribution >= 0.6 is 0 Å². The van der Waals surface area contributed by atoms with Gasteiger partial charge in [-0.25, -0.2) is 14.4 Å². The molecule has 0 spiro atoms. The van der Waals surface area contributed by atoms with Gasteiger partial charge in [-0.05, 0) is 21.7 Å². The molecule has 0 aromatic carbocycles. The zero-order valence-corrected chi connectivity index (χ0v) is 25.2. The van der Waals surface area contributed by atoms with Gasteiger partial charge in [0.2, 0.25) is 0 Å². The Balaban J connectivity index is 0. The zero-order chi connectivity index (χ0) is 29.7. The summed E-state index contributed by atoms with van der Waals surface area (Å²) in [5, 5.41) is 0. The largest absolute Gasteiger partial charge is 0.465 e. The lowest BCUT2D eigenvalue weighted by Gasteiger charge is -2.19. The predicted molar refractivity (Wildman–Crippen MR) is 145 cm³/mol. The van der Waals surface area contributed by atoms with E-state index in [1.54, 1.807) is 0 Å². The van der Waals surface area contributed by atoms with Crippen LogP contribution in [0.4, 0.5) is 0 Å². The maximum absolute atomic E-state index is 11.6. The van der Waals surface area contributed by atoms with Gasteiger partial charge in [-0.3, -0.25) is 4.79 Å². The minimum Gasteiger partial charge on any atom is -0.465 e. The number of esters is 4. The minimum absolute atomic E-state index is 0.0871. The highest BCUT2D eigenvalue weighted by molar-refractivity contribution is 5.93. The second-order valence-corrected chi connectivity index (χ2v) is 13.8. The molecule has 0 bridgehead atoms. The van der Waals surface area contributed by atoms with Crippen LogP contribution in [-0.4, -0.2) is 50.3 Å². The molecule has 8 heteroatoms. The molecule has 0 aromatic rings. The standard InChI is InChI=1S/C15H26O4.C14H24O4/c1-11(13(17)19-10-15(5,6)7)8-12(16)18-9-14(2,3)4;1-13(2,3)9-17-11(15)7-8-12(16)18-10-14(4,5)6/h1,8-10H2,2-7H3;7-8H,9-10H2,1-6H3. The Morgan fingerprint density at radius 2 is 0.838 bits per heavy atom. The van der Waals surface area contributed by atoms with Gasteiger partial charge in [-0.1, -0.05) is 89.7 Å². The SMILES string of the molecule is C=C(CC(=O)OCC(C)(C)C)C(=O)OCC(C)(C)C.CC(C)(C)COC(=O)C=CC(=O)OCC(C)(C)C. The highest BCUT2D eigenvalue weighted by Crippen LogP contribution is 2.17. The normalized spacial score (nSPS) is 12.2. The van der Waals surface area contributed by atoms with Crippen molar-refractivity contribution in [1.82, 2.24) is 0 Å². The Morgan fingerprint density at radius 3 is 1.16 bits per heavy atom. The van der Waals surface area contributed by atoms with E-state index in [9.17, 15) is 19.2 Å². The Labute approximate surface area is 224 Å². The summed E-state index contributed by atoms with van der Waals surface area (Å²) in [6, 6.07) is 0. The first kappa shape index (κ1) is 36.5. The van der Waals surface area contributed by atoms with E-state index in [1.807, 2.05) is 83.1 Å². The van der Waals surface area contributed by atoms with Gasteiger partial charge in [-0.15, -0.1) is 0 Å². The van der Waals surface area contributed by atoms with Crippen LogP contribution in [0.25, 0.3) is 0 Å². The summed E-state index contributed by atoms with van der Waals surface area (Å²) < 4.78 is 20.1. The van der Waals surface area contributed by atoms with E-state index < -0.39 is 23.9 Å². The van der Waals surface area contributed by atoms with E-state index in [2.05, 4.69) is 6.58 Å². The monoisotopic (exact) mass is 526 g/mol. The van der Waals surface area contributed by atoms with E-state index in [0.29, 0.717) is 26.4 Å². The average Bonchev–Trinajstić information content (AvgIpc) is 2.70. The molecule has 37 heavy (non-hydrogen) atoms. The fourth-order valence-electron chi connectivity index (χ4n) is 1.79. The summed E-state index contributed by atoms with van der Waals surface area (Å²) in [5.74, 6) is -2.05. The quantitative estimate of drug-likeness (QED) is 0.210. The molecule has 0 aliphatic rings. The van der Waals surface area contributed by atoms with Gasteiger partial charge in [0.25, 0.3) is 0 Å². The van der Waals surface area contributed by atoms with Crippen LogP contribution < -0.4 is 0 Å². The molecule has 8 nitrogen and oxygen atoms in total. The van der Waals surface area contributed by atoms with E-state index in [-0.39, 0.29) is 33.7 Å². The van der Waals surface area contributed by atoms with E-state index in [0.717, 1.165) is 12.2 Å². The van der Waals surface area contributed by atoms with Crippen molar-refractivity contribution in [3.05, 3.63) is 24.3 Å². The van der Waals surface area contributed by atoms with E-state index in [1.165, 1.54) is 0 Å². The Hall–Kier alpha value is -2.64. The fourth-order valence-corrected chi connectivity index (χ4v) is 1.79. The van der Waals surface area contributed by atoms with Crippen molar-refractivity contribution in [3.63, 3.8) is 0 Å². The van der Waals surface area contributed by atoms with Gasteiger partial charge in [0.05, 0.1) is 32.8 Å². The van der Waals surface area contributed by atoms with Crippen LogP contribution in [0.5, 0.6) is 0 Å². The highest BCUT2D eigenvalue weighted by Gasteiger charge is 2.20. The average molecular weight is 527 g/mol. The van der Waals surface area contributed by atoms with Crippen LogP contribution in [0, 0.1) is 21.7 Å². The topological polar surface area (TPSA) is 105 Å². The smallest absolute Gasteiger partial charge is 0.334 e. The van der Waals surface area contributed by atoms with Gasteiger partial charge >= 0.3 is 23.9 Å². The second kappa shape index (κ2) is 15.6. The van der Waals surface area contributed by atoms with Crippen molar-refractivity contribution in [3.8, 4) is 0 Å². The third kappa shape index (κ3) is 27.8. The maximum atomic E-state index is 11.6. The molecule has 0 atom stereocenters. The zero-order valence-electron chi connectivity index (χ0n) is 25.2. The summed E-state index contributed by atoms with van der Waals surface area (Å²) in [5.41, 5.74) is -0.248. The van der Waals surface area contributed by atoms with Crippen molar-refractivity contribution < 1.29 is 38.1 Å². The predicted octanol–water partition coefficient (Wildman–Crippen LogP) is 5.83. The Morgan fingerprint density at radius 1 is 0.541 bits per heavy atom. The first-order valence-corrected chi connectivity index (χ1v) is 12.4. The second-order valence-electron chi connectivity index (χ2n) is 13.8. The number of carbonyl (C=O) groups excluding carboxylic acids is 4. The fraction of sp³-hybridized carbons (Fsp3) is 0.724. The van der Waals surface area contributed by atoms with Gasteiger partial charge in [0, 0.05) is 17.7 Å². The Kier molecular flexibility index (Phi) is 15.4. The molecule has 0 unspecified atom stereocenters. The summed E-state index contributed by atoms with van der Waals surface area (Å²) in [7, 11) is 0. The highest BCUT2D eigenvalue weighted by atomic mass is 16.5. The van der Waals surface area contributed by atoms with Crippen LogP contribution in [0.2, 0.25) is 0 Å². The van der Waals surface area contributed by atoms with E-state index >= 15 is 0 Å². The molecule has 0 rings (SSSR count). The molecule has 0 aromatic heterocycles. The van der Waals surface area contributed by atoms with Crippen LogP contribution in [0.3, 0.4) is 0 Å². The minimum atomic E-state index is -0.539. The molecular formula is C29H50O8. The summed E-state index contributed by atoms with van der Waals surface area (Å²) in [6.45, 7) is 28.3. The van der Waals surface area contributed by atoms with Crippen LogP contribution in [0.15, 0.2) is 24.3 Å². The van der Waals surface area contributed by atoms with Crippen molar-refractivity contribution in [2.75, 3.05) is 26.4 Å². The molecule has 0 radical (unpaired) electrons. The first-order chi connectivity index (χ1) is 16.4. The molecule has 0 heterocycles. The van der Waals surface area contributed by atoms with Crippen molar-refractivity contribution in [2.24, 2.45) is 21.7 Å². The van der Waals surface area contributed by atoms with Crippen molar-refractivity contribution in [1.29, 1.82) is 0 Å². The van der Waals surface area contributed by atoms with Crippen LogP contribution in [-0.2, 0) is 38.1 Å². The maximum Gasteiger partial charge on any atom is 0.334 e. The van der Waals surface area contributed by atoms with Crippen molar-refractivity contribution >= 4 is 23.9 Å². The number of hydrogen-bond donors (Lipinski definition) is 0. The third-order valence-corrected chi connectivity index (χ3v) is 3.60. The van der Waals surface area contributed by atoms with Gasteiger partial charge < -0.3 is 18.9 Å². The number of hydrogen-bond acceptors (Lipinski definition) is 8. The van der Waals surface area contributed by atoms with Gasteiger partial charge in [0.1, 0.15) is 0 Å². The number of ether oxygens (including phenoxy) is 4. The van der Waals surface area contributed by atoms with E-state index in [4.69, 9.17) is 18.9 Å². The summed E-state index contributed by atoms with van der Waals surface area (Å²) in [4.78, 5) is 45.7. The molecule has 214 valence electrons. The number of rotatable bonds is 9. The molecular weight excluding hydrogens is 476 g/mol. The molecule has 0 saturated carbocycles. The molecule has 0 aliphatic carbocycles. The molecule has 0 aliphatic heterocycles. The number of carbonyl (C=O) groups is 4. The Bertz CT molecular complexity index is 762. The lowest BCUT2D eigenvalue weighted by molar-refractivity contribution is -0.149. The molecule has 0 fully saturated rings. The molecule has 0 amide bonds. The molecule has 0 N–H and O–H groups in total. The summed E-state index contributed by atoms with van der Waals surface area (Å²) >= 11 is 0.